The van der Waals surface area contributed by atoms with Gasteiger partial charge in [-0.05, 0) is 19.3 Å². The molecule has 0 radical (unpaired) electrons. The number of hydrogen-bond acceptors (Lipinski definition) is 2. The molecule has 1 amide bonds. The van der Waals surface area contributed by atoms with Crippen LogP contribution in [0.15, 0.2) is 0 Å². The van der Waals surface area contributed by atoms with Crippen LogP contribution in [-0.2, 0) is 9.59 Å². The van der Waals surface area contributed by atoms with E-state index in [2.05, 4.69) is 5.32 Å². The summed E-state index contributed by atoms with van der Waals surface area (Å²) in [4.78, 5) is 21.1. The lowest BCUT2D eigenvalue weighted by Crippen LogP contribution is -2.40. The molecule has 0 aromatic rings. The molecule has 3 heteroatoms. The summed E-state index contributed by atoms with van der Waals surface area (Å²) in [6, 6.07) is 0.237. The zero-order valence-electron chi connectivity index (χ0n) is 6.67. The Hall–Kier alpha value is -0.860. The van der Waals surface area contributed by atoms with Crippen LogP contribution in [0.2, 0.25) is 0 Å². The summed E-state index contributed by atoms with van der Waals surface area (Å²) >= 11 is 0. The summed E-state index contributed by atoms with van der Waals surface area (Å²) in [5, 5.41) is 2.81. The minimum atomic E-state index is 0.0793. The quantitative estimate of drug-likeness (QED) is 0.590. The van der Waals surface area contributed by atoms with Crippen LogP contribution < -0.4 is 5.32 Å². The first-order valence-electron chi connectivity index (χ1n) is 3.95. The summed E-state index contributed by atoms with van der Waals surface area (Å²) < 4.78 is 0. The van der Waals surface area contributed by atoms with Crippen molar-refractivity contribution in [3.63, 3.8) is 0 Å². The number of piperidine rings is 1. The summed E-state index contributed by atoms with van der Waals surface area (Å²) in [6.07, 6.45) is 2.88. The molecule has 0 spiro atoms. The van der Waals surface area contributed by atoms with Crippen LogP contribution in [0.1, 0.15) is 26.2 Å². The fourth-order valence-corrected chi connectivity index (χ4v) is 1.55. The number of carbonyl (C=O) groups is 2. The molecule has 62 valence electrons. The molecular weight excluding hydrogens is 142 g/mol. The highest BCUT2D eigenvalue weighted by Crippen LogP contribution is 2.18. The summed E-state index contributed by atoms with van der Waals surface area (Å²) in [7, 11) is 0. The van der Waals surface area contributed by atoms with Gasteiger partial charge >= 0.3 is 0 Å². The SMILES string of the molecule is CC1CC(CC=O)CC(=O)N1. The van der Waals surface area contributed by atoms with Gasteiger partial charge in [-0.2, -0.15) is 0 Å². The van der Waals surface area contributed by atoms with Crippen molar-refractivity contribution in [3.05, 3.63) is 0 Å². The predicted octanol–water partition coefficient (Wildman–Crippen LogP) is 0.490. The number of amides is 1. The van der Waals surface area contributed by atoms with Gasteiger partial charge in [0.2, 0.25) is 5.91 Å². The Morgan fingerprint density at radius 1 is 1.73 bits per heavy atom. The first-order chi connectivity index (χ1) is 5.22. The zero-order valence-corrected chi connectivity index (χ0v) is 6.67. The van der Waals surface area contributed by atoms with E-state index in [1.165, 1.54) is 0 Å². The van der Waals surface area contributed by atoms with Crippen molar-refractivity contribution in [1.82, 2.24) is 5.32 Å². The minimum absolute atomic E-state index is 0.0793. The van der Waals surface area contributed by atoms with Gasteiger partial charge in [-0.3, -0.25) is 4.79 Å². The molecule has 1 saturated heterocycles. The molecule has 11 heavy (non-hydrogen) atoms. The number of hydrogen-bond donors (Lipinski definition) is 1. The lowest BCUT2D eigenvalue weighted by atomic mass is 9.91. The highest BCUT2D eigenvalue weighted by atomic mass is 16.1. The number of rotatable bonds is 2. The molecule has 0 aromatic heterocycles. The fraction of sp³-hybridized carbons (Fsp3) is 0.750. The maximum atomic E-state index is 10.9. The average Bonchev–Trinajstić information content (AvgIpc) is 1.85. The van der Waals surface area contributed by atoms with Gasteiger partial charge in [0.25, 0.3) is 0 Å². The molecule has 1 aliphatic rings. The molecule has 3 nitrogen and oxygen atoms in total. The largest absolute Gasteiger partial charge is 0.354 e. The Kier molecular flexibility index (Phi) is 2.63. The maximum Gasteiger partial charge on any atom is 0.220 e. The Morgan fingerprint density at radius 2 is 2.45 bits per heavy atom. The Morgan fingerprint density at radius 3 is 3.00 bits per heavy atom. The Bertz CT molecular complexity index is 167. The van der Waals surface area contributed by atoms with E-state index in [9.17, 15) is 9.59 Å². The van der Waals surface area contributed by atoms with Gasteiger partial charge in [0.1, 0.15) is 6.29 Å². The van der Waals surface area contributed by atoms with Gasteiger partial charge in [-0.1, -0.05) is 0 Å². The standard InChI is InChI=1S/C8H13NO2/c1-6-4-7(2-3-10)5-8(11)9-6/h3,6-7H,2,4-5H2,1H3,(H,9,11). The highest BCUT2D eigenvalue weighted by Gasteiger charge is 2.22. The number of nitrogens with one attached hydrogen (secondary N) is 1. The fourth-order valence-electron chi connectivity index (χ4n) is 1.55. The molecule has 0 aliphatic carbocycles. The summed E-state index contributed by atoms with van der Waals surface area (Å²) in [5.74, 6) is 0.354. The van der Waals surface area contributed by atoms with Crippen LogP contribution >= 0.6 is 0 Å². The lowest BCUT2D eigenvalue weighted by Gasteiger charge is -2.25. The van der Waals surface area contributed by atoms with Crippen LogP contribution in [0.5, 0.6) is 0 Å². The zero-order chi connectivity index (χ0) is 8.27. The van der Waals surface area contributed by atoms with Crippen LogP contribution in [0.4, 0.5) is 0 Å². The second-order valence-corrected chi connectivity index (χ2v) is 3.18. The minimum Gasteiger partial charge on any atom is -0.354 e. The smallest absolute Gasteiger partial charge is 0.220 e. The van der Waals surface area contributed by atoms with E-state index in [0.717, 1.165) is 12.7 Å². The van der Waals surface area contributed by atoms with Crippen molar-refractivity contribution < 1.29 is 9.59 Å². The van der Waals surface area contributed by atoms with Crippen molar-refractivity contribution in [1.29, 1.82) is 0 Å². The second-order valence-electron chi connectivity index (χ2n) is 3.18. The molecule has 2 unspecified atom stereocenters. The first-order valence-corrected chi connectivity index (χ1v) is 3.95. The van der Waals surface area contributed by atoms with E-state index in [4.69, 9.17) is 0 Å². The van der Waals surface area contributed by atoms with Crippen LogP contribution in [0, 0.1) is 5.92 Å². The van der Waals surface area contributed by atoms with Gasteiger partial charge in [0, 0.05) is 18.9 Å². The van der Waals surface area contributed by atoms with Crippen molar-refractivity contribution in [3.8, 4) is 0 Å². The first kappa shape index (κ1) is 8.24. The average molecular weight is 155 g/mol. The maximum absolute atomic E-state index is 10.9. The molecule has 0 saturated carbocycles. The number of carbonyl (C=O) groups excluding carboxylic acids is 2. The van der Waals surface area contributed by atoms with E-state index in [1.54, 1.807) is 0 Å². The van der Waals surface area contributed by atoms with E-state index >= 15 is 0 Å². The summed E-state index contributed by atoms with van der Waals surface area (Å²) in [6.45, 7) is 1.97. The van der Waals surface area contributed by atoms with Gasteiger partial charge in [-0.15, -0.1) is 0 Å². The van der Waals surface area contributed by atoms with E-state index in [1.807, 2.05) is 6.92 Å². The van der Waals surface area contributed by atoms with Gasteiger partial charge in [0.15, 0.2) is 0 Å². The topological polar surface area (TPSA) is 46.2 Å². The van der Waals surface area contributed by atoms with Crippen LogP contribution in [0.3, 0.4) is 0 Å². The molecule has 1 heterocycles. The molecule has 0 bridgehead atoms. The van der Waals surface area contributed by atoms with Crippen molar-refractivity contribution >= 4 is 12.2 Å². The Labute approximate surface area is 66.2 Å². The molecule has 2 atom stereocenters. The van der Waals surface area contributed by atoms with Gasteiger partial charge in [0.05, 0.1) is 0 Å². The molecule has 1 N–H and O–H groups in total. The van der Waals surface area contributed by atoms with Crippen molar-refractivity contribution in [2.24, 2.45) is 5.92 Å². The monoisotopic (exact) mass is 155 g/mol. The van der Waals surface area contributed by atoms with Crippen LogP contribution in [-0.4, -0.2) is 18.2 Å². The number of aldehydes is 1. The van der Waals surface area contributed by atoms with E-state index < -0.39 is 0 Å². The van der Waals surface area contributed by atoms with Crippen molar-refractivity contribution in [2.75, 3.05) is 0 Å². The van der Waals surface area contributed by atoms with Gasteiger partial charge < -0.3 is 10.1 Å². The lowest BCUT2D eigenvalue weighted by molar-refractivity contribution is -0.124. The summed E-state index contributed by atoms with van der Waals surface area (Å²) in [5.41, 5.74) is 0. The molecule has 1 aliphatic heterocycles. The predicted molar refractivity (Wildman–Crippen MR) is 41.0 cm³/mol. The molecular formula is C8H13NO2. The molecule has 1 fully saturated rings. The third-order valence-electron chi connectivity index (χ3n) is 2.00. The van der Waals surface area contributed by atoms with E-state index in [-0.39, 0.29) is 17.9 Å². The van der Waals surface area contributed by atoms with Crippen LogP contribution in [0.25, 0.3) is 0 Å². The second kappa shape index (κ2) is 3.51. The Balaban J connectivity index is 2.42. The van der Waals surface area contributed by atoms with E-state index in [0.29, 0.717) is 12.8 Å². The van der Waals surface area contributed by atoms with Crippen molar-refractivity contribution in [2.45, 2.75) is 32.2 Å². The van der Waals surface area contributed by atoms with Gasteiger partial charge in [-0.25, -0.2) is 0 Å². The third-order valence-corrected chi connectivity index (χ3v) is 2.00. The normalized spacial score (nSPS) is 31.2. The highest BCUT2D eigenvalue weighted by molar-refractivity contribution is 5.77. The molecule has 0 aromatic carbocycles. The molecule has 1 rings (SSSR count). The third kappa shape index (κ3) is 2.33.